The minimum Gasteiger partial charge on any atom is -0.366 e. The fourth-order valence-electron chi connectivity index (χ4n) is 2.59. The van der Waals surface area contributed by atoms with E-state index in [0.29, 0.717) is 12.1 Å². The van der Waals surface area contributed by atoms with Crippen LogP contribution >= 0.6 is 15.9 Å². The molecule has 3 heteroatoms. The molecule has 1 aromatic rings. The molecule has 1 fully saturated rings. The molecular formula is C15H23BrN2. The Labute approximate surface area is 119 Å². The number of benzene rings is 1. The van der Waals surface area contributed by atoms with Gasteiger partial charge in [-0.05, 0) is 38.0 Å². The van der Waals surface area contributed by atoms with Gasteiger partial charge in [-0.15, -0.1) is 0 Å². The van der Waals surface area contributed by atoms with Gasteiger partial charge in [0, 0.05) is 35.3 Å². The first kappa shape index (κ1) is 13.9. The van der Waals surface area contributed by atoms with Gasteiger partial charge in [0.25, 0.3) is 0 Å². The van der Waals surface area contributed by atoms with Gasteiger partial charge in [0.1, 0.15) is 0 Å². The van der Waals surface area contributed by atoms with Gasteiger partial charge in [0.05, 0.1) is 0 Å². The molecule has 0 amide bonds. The lowest BCUT2D eigenvalue weighted by molar-refractivity contribution is 0.386. The van der Waals surface area contributed by atoms with Gasteiger partial charge in [-0.3, -0.25) is 0 Å². The average Bonchev–Trinajstić information content (AvgIpc) is 2.35. The van der Waals surface area contributed by atoms with E-state index < -0.39 is 0 Å². The van der Waals surface area contributed by atoms with E-state index in [-0.39, 0.29) is 0 Å². The predicted octanol–water partition coefficient (Wildman–Crippen LogP) is 3.72. The van der Waals surface area contributed by atoms with Crippen LogP contribution in [-0.2, 0) is 0 Å². The Morgan fingerprint density at radius 3 is 2.89 bits per heavy atom. The van der Waals surface area contributed by atoms with Crippen LogP contribution in [0, 0.1) is 6.92 Å². The summed E-state index contributed by atoms with van der Waals surface area (Å²) >= 11 is 3.64. The molecule has 1 aliphatic rings. The summed E-state index contributed by atoms with van der Waals surface area (Å²) < 4.78 is 1.21. The number of nitrogens with zero attached hydrogens (tertiary/aromatic N) is 1. The number of hydrogen-bond donors (Lipinski definition) is 1. The Balaban J connectivity index is 2.16. The maximum atomic E-state index is 3.64. The van der Waals surface area contributed by atoms with Crippen LogP contribution in [0.5, 0.6) is 0 Å². The highest BCUT2D eigenvalue weighted by Gasteiger charge is 2.24. The zero-order chi connectivity index (χ0) is 13.1. The summed E-state index contributed by atoms with van der Waals surface area (Å²) in [6.45, 7) is 8.88. The summed E-state index contributed by atoms with van der Waals surface area (Å²) in [4.78, 5) is 2.53. The normalized spacial score (nSPS) is 24.3. The van der Waals surface area contributed by atoms with Crippen molar-refractivity contribution in [3.63, 3.8) is 0 Å². The Bertz CT molecular complexity index is 405. The number of aryl methyl sites for hydroxylation is 1. The Hall–Kier alpha value is -0.540. The largest absolute Gasteiger partial charge is 0.366 e. The number of rotatable bonds is 3. The summed E-state index contributed by atoms with van der Waals surface area (Å²) in [5, 5.41) is 3.64. The first-order valence-electron chi connectivity index (χ1n) is 6.88. The molecule has 0 aliphatic carbocycles. The number of anilines is 1. The lowest BCUT2D eigenvalue weighted by atomic mass is 10.0. The standard InChI is InChI=1S/C15H23BrN2/c1-4-5-13-10-18(12(3)9-17-13)14-7-6-11(2)15(16)8-14/h6-8,12-13,17H,4-5,9-10H2,1-3H3. The van der Waals surface area contributed by atoms with E-state index in [1.54, 1.807) is 0 Å². The second kappa shape index (κ2) is 6.07. The van der Waals surface area contributed by atoms with Crippen LogP contribution in [0.3, 0.4) is 0 Å². The van der Waals surface area contributed by atoms with Crippen molar-refractivity contribution in [3.05, 3.63) is 28.2 Å². The second-order valence-electron chi connectivity index (χ2n) is 5.33. The van der Waals surface area contributed by atoms with Gasteiger partial charge in [-0.2, -0.15) is 0 Å². The van der Waals surface area contributed by atoms with Crippen LogP contribution in [0.1, 0.15) is 32.3 Å². The van der Waals surface area contributed by atoms with E-state index in [9.17, 15) is 0 Å². The van der Waals surface area contributed by atoms with Crippen molar-refractivity contribution in [3.8, 4) is 0 Å². The molecule has 18 heavy (non-hydrogen) atoms. The Kier molecular flexibility index (Phi) is 4.68. The summed E-state index contributed by atoms with van der Waals surface area (Å²) in [5.74, 6) is 0. The second-order valence-corrected chi connectivity index (χ2v) is 6.18. The fraction of sp³-hybridized carbons (Fsp3) is 0.600. The molecule has 2 atom stereocenters. The molecule has 1 heterocycles. The van der Waals surface area contributed by atoms with Crippen LogP contribution < -0.4 is 10.2 Å². The monoisotopic (exact) mass is 310 g/mol. The lowest BCUT2D eigenvalue weighted by Crippen LogP contribution is -2.55. The van der Waals surface area contributed by atoms with Crippen molar-refractivity contribution in [2.45, 2.75) is 45.7 Å². The van der Waals surface area contributed by atoms with Gasteiger partial charge < -0.3 is 10.2 Å². The lowest BCUT2D eigenvalue weighted by Gasteiger charge is -2.40. The van der Waals surface area contributed by atoms with E-state index in [0.717, 1.165) is 13.1 Å². The van der Waals surface area contributed by atoms with E-state index in [2.05, 4.69) is 65.1 Å². The maximum absolute atomic E-state index is 3.64. The topological polar surface area (TPSA) is 15.3 Å². The molecule has 0 saturated carbocycles. The van der Waals surface area contributed by atoms with Gasteiger partial charge in [0.15, 0.2) is 0 Å². The number of halogens is 1. The van der Waals surface area contributed by atoms with E-state index in [1.807, 2.05) is 0 Å². The highest BCUT2D eigenvalue weighted by molar-refractivity contribution is 9.10. The molecule has 1 aromatic carbocycles. The first-order valence-corrected chi connectivity index (χ1v) is 7.67. The van der Waals surface area contributed by atoms with Gasteiger partial charge in [-0.1, -0.05) is 35.3 Å². The Morgan fingerprint density at radius 2 is 2.22 bits per heavy atom. The number of piperazine rings is 1. The molecular weight excluding hydrogens is 288 g/mol. The minimum absolute atomic E-state index is 0.563. The minimum atomic E-state index is 0.563. The SMILES string of the molecule is CCCC1CN(c2ccc(C)c(Br)c2)C(C)CN1. The van der Waals surface area contributed by atoms with Crippen molar-refractivity contribution in [1.82, 2.24) is 5.32 Å². The smallest absolute Gasteiger partial charge is 0.0387 e. The van der Waals surface area contributed by atoms with Gasteiger partial charge in [-0.25, -0.2) is 0 Å². The van der Waals surface area contributed by atoms with Crippen molar-refractivity contribution in [2.75, 3.05) is 18.0 Å². The van der Waals surface area contributed by atoms with Crippen LogP contribution in [0.2, 0.25) is 0 Å². The van der Waals surface area contributed by atoms with Crippen molar-refractivity contribution in [2.24, 2.45) is 0 Å². The summed E-state index contributed by atoms with van der Waals surface area (Å²) in [6, 6.07) is 7.88. The molecule has 0 radical (unpaired) electrons. The van der Waals surface area contributed by atoms with E-state index in [4.69, 9.17) is 0 Å². The highest BCUT2D eigenvalue weighted by atomic mass is 79.9. The third kappa shape index (κ3) is 3.07. The molecule has 2 rings (SSSR count). The van der Waals surface area contributed by atoms with Crippen LogP contribution in [-0.4, -0.2) is 25.2 Å². The molecule has 1 saturated heterocycles. The van der Waals surface area contributed by atoms with E-state index in [1.165, 1.54) is 28.6 Å². The van der Waals surface area contributed by atoms with Crippen LogP contribution in [0.4, 0.5) is 5.69 Å². The van der Waals surface area contributed by atoms with Gasteiger partial charge >= 0.3 is 0 Å². The van der Waals surface area contributed by atoms with Crippen LogP contribution in [0.25, 0.3) is 0 Å². The summed E-state index contributed by atoms with van der Waals surface area (Å²) in [5.41, 5.74) is 2.63. The molecule has 0 bridgehead atoms. The molecule has 0 aromatic heterocycles. The van der Waals surface area contributed by atoms with E-state index >= 15 is 0 Å². The average molecular weight is 311 g/mol. The molecule has 1 aliphatic heterocycles. The van der Waals surface area contributed by atoms with Crippen LogP contribution in [0.15, 0.2) is 22.7 Å². The molecule has 1 N–H and O–H groups in total. The first-order chi connectivity index (χ1) is 8.61. The molecule has 100 valence electrons. The quantitative estimate of drug-likeness (QED) is 0.915. The number of nitrogens with one attached hydrogen (secondary N) is 1. The summed E-state index contributed by atoms with van der Waals surface area (Å²) in [7, 11) is 0. The molecule has 0 spiro atoms. The predicted molar refractivity (Wildman–Crippen MR) is 82.4 cm³/mol. The van der Waals surface area contributed by atoms with Crippen molar-refractivity contribution in [1.29, 1.82) is 0 Å². The van der Waals surface area contributed by atoms with Crippen molar-refractivity contribution >= 4 is 21.6 Å². The Morgan fingerprint density at radius 1 is 1.44 bits per heavy atom. The highest BCUT2D eigenvalue weighted by Crippen LogP contribution is 2.26. The zero-order valence-corrected chi connectivity index (χ0v) is 13.1. The summed E-state index contributed by atoms with van der Waals surface area (Å²) in [6.07, 6.45) is 2.51. The van der Waals surface area contributed by atoms with Gasteiger partial charge in [0.2, 0.25) is 0 Å². The third-order valence-corrected chi connectivity index (χ3v) is 4.63. The van der Waals surface area contributed by atoms with Crippen molar-refractivity contribution < 1.29 is 0 Å². The fourth-order valence-corrected chi connectivity index (χ4v) is 2.96. The maximum Gasteiger partial charge on any atom is 0.0387 e. The number of hydrogen-bond acceptors (Lipinski definition) is 2. The third-order valence-electron chi connectivity index (χ3n) is 3.78. The molecule has 2 nitrogen and oxygen atoms in total. The molecule has 2 unspecified atom stereocenters. The zero-order valence-electron chi connectivity index (χ0n) is 11.5.